The second kappa shape index (κ2) is 7.80. The van der Waals surface area contributed by atoms with Crippen LogP contribution in [0.3, 0.4) is 0 Å². The van der Waals surface area contributed by atoms with Crippen molar-refractivity contribution in [1.29, 1.82) is 0 Å². The molecule has 0 fully saturated rings. The number of halogens is 1. The summed E-state index contributed by atoms with van der Waals surface area (Å²) in [7, 11) is 0. The number of aromatic hydroxyl groups is 2. The summed E-state index contributed by atoms with van der Waals surface area (Å²) in [5.41, 5.74) is 3.16. The van der Waals surface area contributed by atoms with Crippen molar-refractivity contribution in [3.8, 4) is 11.5 Å². The first-order chi connectivity index (χ1) is 14.8. The maximum absolute atomic E-state index is 14.9. The van der Waals surface area contributed by atoms with Crippen molar-refractivity contribution in [1.82, 2.24) is 0 Å². The highest BCUT2D eigenvalue weighted by molar-refractivity contribution is 5.85. The first-order valence-corrected chi connectivity index (χ1v) is 9.89. The van der Waals surface area contributed by atoms with Crippen LogP contribution >= 0.6 is 0 Å². The van der Waals surface area contributed by atoms with Gasteiger partial charge in [0.1, 0.15) is 17.3 Å². The summed E-state index contributed by atoms with van der Waals surface area (Å²) in [4.78, 5) is 12.8. The van der Waals surface area contributed by atoms with Gasteiger partial charge < -0.3 is 20.2 Å². The van der Waals surface area contributed by atoms with E-state index in [1.807, 2.05) is 42.2 Å². The van der Waals surface area contributed by atoms with Crippen molar-refractivity contribution in [3.05, 3.63) is 94.8 Å². The number of rotatable bonds is 4. The number of benzene rings is 3. The standard InChI is InChI=1S/C25H22FNO4/c1-25(18-5-2-16(3-6-18)4-11-24(30)31)21-9-7-19(28)14-17(21)12-13-27(25)23-10-8-20(29)15-22(23)26/h2-11,14-15,28-29H,12-13H2,1H3,(H,30,31). The number of phenolic OH excluding ortho intramolecular Hbond substituents is 2. The van der Waals surface area contributed by atoms with E-state index < -0.39 is 17.3 Å². The number of fused-ring (bicyclic) bond motifs is 1. The van der Waals surface area contributed by atoms with Crippen LogP contribution in [0.1, 0.15) is 29.2 Å². The van der Waals surface area contributed by atoms with Crippen LogP contribution < -0.4 is 4.90 Å². The predicted molar refractivity (Wildman–Crippen MR) is 117 cm³/mol. The summed E-state index contributed by atoms with van der Waals surface area (Å²) in [6.45, 7) is 2.51. The molecule has 1 aliphatic rings. The van der Waals surface area contributed by atoms with Gasteiger partial charge in [0.05, 0.1) is 11.2 Å². The third kappa shape index (κ3) is 3.72. The molecule has 0 spiro atoms. The Kier molecular flexibility index (Phi) is 5.15. The molecule has 1 heterocycles. The lowest BCUT2D eigenvalue weighted by Crippen LogP contribution is -2.50. The monoisotopic (exact) mass is 419 g/mol. The number of hydrogen-bond acceptors (Lipinski definition) is 4. The van der Waals surface area contributed by atoms with E-state index >= 15 is 0 Å². The summed E-state index contributed by atoms with van der Waals surface area (Å²) in [5.74, 6) is -1.50. The van der Waals surface area contributed by atoms with Crippen LogP contribution in [0.15, 0.2) is 66.7 Å². The smallest absolute Gasteiger partial charge is 0.328 e. The van der Waals surface area contributed by atoms with Crippen LogP contribution in [-0.2, 0) is 16.8 Å². The van der Waals surface area contributed by atoms with Crippen LogP contribution in [0.2, 0.25) is 0 Å². The Labute approximate surface area is 179 Å². The second-order valence-corrected chi connectivity index (χ2v) is 7.74. The minimum atomic E-state index is -1.02. The summed E-state index contributed by atoms with van der Waals surface area (Å²) in [6.07, 6.45) is 3.21. The quantitative estimate of drug-likeness (QED) is 0.536. The molecular weight excluding hydrogens is 397 g/mol. The van der Waals surface area contributed by atoms with E-state index in [1.165, 1.54) is 12.1 Å². The first-order valence-electron chi connectivity index (χ1n) is 9.89. The van der Waals surface area contributed by atoms with Gasteiger partial charge in [-0.25, -0.2) is 9.18 Å². The molecule has 1 unspecified atom stereocenters. The molecule has 5 nitrogen and oxygen atoms in total. The zero-order valence-corrected chi connectivity index (χ0v) is 16.9. The Hall–Kier alpha value is -3.80. The lowest BCUT2D eigenvalue weighted by Gasteiger charge is -2.48. The van der Waals surface area contributed by atoms with Crippen LogP contribution in [0.25, 0.3) is 6.08 Å². The van der Waals surface area contributed by atoms with Gasteiger partial charge in [-0.3, -0.25) is 0 Å². The molecule has 3 N–H and O–H groups in total. The number of phenols is 2. The van der Waals surface area contributed by atoms with E-state index in [-0.39, 0.29) is 11.5 Å². The highest BCUT2D eigenvalue weighted by Gasteiger charge is 2.41. The fourth-order valence-electron chi connectivity index (χ4n) is 4.34. The molecule has 0 saturated heterocycles. The van der Waals surface area contributed by atoms with Crippen LogP contribution in [0, 0.1) is 5.82 Å². The molecule has 1 atom stereocenters. The van der Waals surface area contributed by atoms with E-state index in [0.717, 1.165) is 34.4 Å². The average molecular weight is 419 g/mol. The molecule has 0 aromatic heterocycles. The molecule has 4 rings (SSSR count). The third-order valence-corrected chi connectivity index (χ3v) is 5.87. The van der Waals surface area contributed by atoms with Crippen molar-refractivity contribution >= 4 is 17.7 Å². The van der Waals surface area contributed by atoms with Crippen LogP contribution in [0.5, 0.6) is 11.5 Å². The molecule has 158 valence electrons. The van der Waals surface area contributed by atoms with E-state index in [0.29, 0.717) is 18.7 Å². The molecule has 0 radical (unpaired) electrons. The molecule has 0 saturated carbocycles. The predicted octanol–water partition coefficient (Wildman–Crippen LogP) is 4.66. The van der Waals surface area contributed by atoms with Gasteiger partial charge in [-0.15, -0.1) is 0 Å². The normalized spacial score (nSPS) is 18.2. The number of aliphatic carboxylic acids is 1. The van der Waals surface area contributed by atoms with Gasteiger partial charge in [-0.1, -0.05) is 30.3 Å². The summed E-state index contributed by atoms with van der Waals surface area (Å²) < 4.78 is 14.9. The van der Waals surface area contributed by atoms with Gasteiger partial charge in [-0.05, 0) is 65.9 Å². The molecule has 0 amide bonds. The number of carboxylic acids is 1. The number of anilines is 1. The molecular formula is C25H22FNO4. The Bertz CT molecular complexity index is 1170. The first kappa shape index (κ1) is 20.5. The van der Waals surface area contributed by atoms with Crippen LogP contribution in [-0.4, -0.2) is 27.8 Å². The fraction of sp³-hybridized carbons (Fsp3) is 0.160. The molecule has 1 aliphatic heterocycles. The van der Waals surface area contributed by atoms with Gasteiger partial charge >= 0.3 is 5.97 Å². The molecule has 0 bridgehead atoms. The number of nitrogens with zero attached hydrogens (tertiary/aromatic N) is 1. The minimum Gasteiger partial charge on any atom is -0.508 e. The van der Waals surface area contributed by atoms with Crippen molar-refractivity contribution in [2.45, 2.75) is 18.9 Å². The molecule has 31 heavy (non-hydrogen) atoms. The van der Waals surface area contributed by atoms with E-state index in [4.69, 9.17) is 5.11 Å². The maximum Gasteiger partial charge on any atom is 0.328 e. The summed E-state index contributed by atoms with van der Waals surface area (Å²) >= 11 is 0. The Morgan fingerprint density at radius 1 is 1.03 bits per heavy atom. The molecule has 0 aliphatic carbocycles. The zero-order valence-electron chi connectivity index (χ0n) is 16.9. The number of carbonyl (C=O) groups is 1. The molecule has 3 aromatic carbocycles. The Balaban J connectivity index is 1.87. The van der Waals surface area contributed by atoms with Crippen molar-refractivity contribution < 1.29 is 24.5 Å². The number of carboxylic acid groups (broad SMARTS) is 1. The van der Waals surface area contributed by atoms with Crippen molar-refractivity contribution in [2.24, 2.45) is 0 Å². The Morgan fingerprint density at radius 2 is 1.71 bits per heavy atom. The largest absolute Gasteiger partial charge is 0.508 e. The van der Waals surface area contributed by atoms with E-state index in [9.17, 15) is 19.4 Å². The van der Waals surface area contributed by atoms with E-state index in [2.05, 4.69) is 0 Å². The zero-order chi connectivity index (χ0) is 22.2. The molecule has 3 aromatic rings. The van der Waals surface area contributed by atoms with Crippen molar-refractivity contribution in [3.63, 3.8) is 0 Å². The lowest BCUT2D eigenvalue weighted by molar-refractivity contribution is -0.131. The Morgan fingerprint density at radius 3 is 2.39 bits per heavy atom. The molecule has 6 heteroatoms. The third-order valence-electron chi connectivity index (χ3n) is 5.87. The number of hydrogen-bond donors (Lipinski definition) is 3. The average Bonchev–Trinajstić information content (AvgIpc) is 2.73. The summed E-state index contributed by atoms with van der Waals surface area (Å²) in [5, 5.41) is 28.5. The maximum atomic E-state index is 14.9. The van der Waals surface area contributed by atoms with Gasteiger partial charge in [-0.2, -0.15) is 0 Å². The lowest BCUT2D eigenvalue weighted by atomic mass is 9.76. The van der Waals surface area contributed by atoms with Gasteiger partial charge in [0, 0.05) is 18.7 Å². The van der Waals surface area contributed by atoms with Gasteiger partial charge in [0.2, 0.25) is 0 Å². The highest BCUT2D eigenvalue weighted by atomic mass is 19.1. The van der Waals surface area contributed by atoms with Gasteiger partial charge in [0.15, 0.2) is 0 Å². The van der Waals surface area contributed by atoms with Crippen molar-refractivity contribution in [2.75, 3.05) is 11.4 Å². The van der Waals surface area contributed by atoms with Gasteiger partial charge in [0.25, 0.3) is 0 Å². The summed E-state index contributed by atoms with van der Waals surface area (Å²) in [6, 6.07) is 16.8. The highest BCUT2D eigenvalue weighted by Crippen LogP contribution is 2.45. The minimum absolute atomic E-state index is 0.139. The SMILES string of the molecule is CC1(c2ccc(C=CC(=O)O)cc2)c2ccc(O)cc2CCN1c1ccc(O)cc1F. The topological polar surface area (TPSA) is 81.0 Å². The van der Waals surface area contributed by atoms with E-state index in [1.54, 1.807) is 18.2 Å². The van der Waals surface area contributed by atoms with Crippen LogP contribution in [0.4, 0.5) is 10.1 Å². The second-order valence-electron chi connectivity index (χ2n) is 7.74. The fourth-order valence-corrected chi connectivity index (χ4v) is 4.34.